The normalized spacial score (nSPS) is 11.6. The summed E-state index contributed by atoms with van der Waals surface area (Å²) in [4.78, 5) is 0. The lowest BCUT2D eigenvalue weighted by Gasteiger charge is -2.06. The highest BCUT2D eigenvalue weighted by atomic mass is 31.1. The SMILES string of the molecule is Cc1cc(C)c(N=PN(C)C)c(C)c1. The van der Waals surface area contributed by atoms with E-state index in [9.17, 15) is 0 Å². The summed E-state index contributed by atoms with van der Waals surface area (Å²) in [5, 5.41) is 0. The zero-order chi connectivity index (χ0) is 10.7. The van der Waals surface area contributed by atoms with Crippen LogP contribution >= 0.6 is 8.52 Å². The predicted octanol–water partition coefficient (Wildman–Crippen LogP) is 3.85. The smallest absolute Gasteiger partial charge is 0.0985 e. The number of benzene rings is 1. The summed E-state index contributed by atoms with van der Waals surface area (Å²) in [6.45, 7) is 6.35. The van der Waals surface area contributed by atoms with E-state index in [0.29, 0.717) is 0 Å². The molecule has 2 nitrogen and oxygen atoms in total. The van der Waals surface area contributed by atoms with Crippen LogP contribution in [0.15, 0.2) is 16.9 Å². The van der Waals surface area contributed by atoms with E-state index >= 15 is 0 Å². The molecule has 1 aromatic rings. The van der Waals surface area contributed by atoms with Gasteiger partial charge in [0.2, 0.25) is 0 Å². The van der Waals surface area contributed by atoms with Crippen molar-refractivity contribution in [2.45, 2.75) is 20.8 Å². The van der Waals surface area contributed by atoms with Crippen LogP contribution in [0.5, 0.6) is 0 Å². The molecule has 0 saturated heterocycles. The van der Waals surface area contributed by atoms with Gasteiger partial charge >= 0.3 is 0 Å². The van der Waals surface area contributed by atoms with Crippen LogP contribution in [0.25, 0.3) is 0 Å². The van der Waals surface area contributed by atoms with Crippen LogP contribution in [0.3, 0.4) is 0 Å². The number of hydrogen-bond acceptors (Lipinski definition) is 1. The fraction of sp³-hybridized carbons (Fsp3) is 0.455. The van der Waals surface area contributed by atoms with Crippen molar-refractivity contribution in [3.63, 3.8) is 0 Å². The molecule has 76 valence electrons. The summed E-state index contributed by atoms with van der Waals surface area (Å²) in [6, 6.07) is 4.36. The molecule has 0 radical (unpaired) electrons. The quantitative estimate of drug-likeness (QED) is 0.674. The van der Waals surface area contributed by atoms with Gasteiger partial charge in [0.25, 0.3) is 0 Å². The summed E-state index contributed by atoms with van der Waals surface area (Å²) in [5.74, 6) is 0. The molecule has 0 bridgehead atoms. The van der Waals surface area contributed by atoms with E-state index in [4.69, 9.17) is 0 Å². The van der Waals surface area contributed by atoms with Gasteiger partial charge in [-0.1, -0.05) is 17.7 Å². The van der Waals surface area contributed by atoms with Crippen LogP contribution in [0.1, 0.15) is 16.7 Å². The highest BCUT2D eigenvalue weighted by Crippen LogP contribution is 2.28. The van der Waals surface area contributed by atoms with Gasteiger partial charge in [-0.25, -0.2) is 9.42 Å². The van der Waals surface area contributed by atoms with Crippen molar-refractivity contribution in [3.05, 3.63) is 28.8 Å². The largest absolute Gasteiger partial charge is 0.248 e. The van der Waals surface area contributed by atoms with Gasteiger partial charge in [0.1, 0.15) is 0 Å². The second kappa shape index (κ2) is 4.68. The third kappa shape index (κ3) is 2.90. The lowest BCUT2D eigenvalue weighted by molar-refractivity contribution is 0.697. The molecule has 0 heterocycles. The Bertz CT molecular complexity index is 333. The van der Waals surface area contributed by atoms with Crippen LogP contribution in [0, 0.1) is 20.8 Å². The number of aryl methyl sites for hydroxylation is 3. The Balaban J connectivity index is 3.09. The van der Waals surface area contributed by atoms with Crippen LogP contribution in [-0.2, 0) is 0 Å². The van der Waals surface area contributed by atoms with E-state index in [2.05, 4.69) is 37.6 Å². The number of rotatable bonds is 2. The minimum Gasteiger partial charge on any atom is -0.248 e. The number of nitrogens with zero attached hydrogens (tertiary/aromatic N) is 2. The Hall–Kier alpha value is -0.720. The Morgan fingerprint density at radius 1 is 1.07 bits per heavy atom. The van der Waals surface area contributed by atoms with Crippen molar-refractivity contribution >= 4 is 14.2 Å². The average Bonchev–Trinajstić information content (AvgIpc) is 2.01. The molecule has 1 aromatic carbocycles. The molecule has 1 rings (SSSR count). The minimum atomic E-state index is 0.995. The van der Waals surface area contributed by atoms with Gasteiger partial charge in [-0.2, -0.15) is 0 Å². The van der Waals surface area contributed by atoms with Crippen molar-refractivity contribution < 1.29 is 0 Å². The Morgan fingerprint density at radius 2 is 1.57 bits per heavy atom. The van der Waals surface area contributed by atoms with Crippen LogP contribution in [0.2, 0.25) is 0 Å². The molecular weight excluding hydrogens is 191 g/mol. The Morgan fingerprint density at radius 3 is 2.00 bits per heavy atom. The second-order valence-corrected chi connectivity index (χ2v) is 4.96. The monoisotopic (exact) mass is 208 g/mol. The molecular formula is C11H17N2P. The van der Waals surface area contributed by atoms with Gasteiger partial charge in [0.15, 0.2) is 0 Å². The first-order valence-corrected chi connectivity index (χ1v) is 5.47. The first kappa shape index (κ1) is 11.4. The van der Waals surface area contributed by atoms with Crippen molar-refractivity contribution in [3.8, 4) is 0 Å². The lowest BCUT2D eigenvalue weighted by atomic mass is 10.1. The third-order valence-electron chi connectivity index (χ3n) is 1.96. The molecule has 0 unspecified atom stereocenters. The minimum absolute atomic E-state index is 0.995. The summed E-state index contributed by atoms with van der Waals surface area (Å²) < 4.78 is 6.58. The molecule has 0 atom stereocenters. The highest BCUT2D eigenvalue weighted by Gasteiger charge is 2.01. The Kier molecular flexibility index (Phi) is 3.79. The average molecular weight is 208 g/mol. The standard InChI is InChI=1S/C11H17N2P/c1-8-6-9(2)11(10(3)7-8)12-14-13(4)5/h6-7H,1-5H3. The third-order valence-corrected chi connectivity index (χ3v) is 2.61. The molecule has 0 saturated carbocycles. The molecule has 0 aliphatic carbocycles. The van der Waals surface area contributed by atoms with E-state index < -0.39 is 0 Å². The fourth-order valence-electron chi connectivity index (χ4n) is 1.46. The second-order valence-electron chi connectivity index (χ2n) is 3.78. The number of hydrogen-bond donors (Lipinski definition) is 0. The summed E-state index contributed by atoms with van der Waals surface area (Å²) in [7, 11) is 5.03. The van der Waals surface area contributed by atoms with E-state index in [-0.39, 0.29) is 0 Å². The van der Waals surface area contributed by atoms with Gasteiger partial charge in [-0.15, -0.1) is 0 Å². The first-order valence-electron chi connectivity index (χ1n) is 4.67. The van der Waals surface area contributed by atoms with E-state index in [0.717, 1.165) is 14.2 Å². The molecule has 0 amide bonds. The van der Waals surface area contributed by atoms with Gasteiger partial charge in [0.05, 0.1) is 14.2 Å². The molecule has 0 fully saturated rings. The molecule has 3 heteroatoms. The maximum absolute atomic E-state index is 4.54. The predicted molar refractivity (Wildman–Crippen MR) is 63.3 cm³/mol. The van der Waals surface area contributed by atoms with Gasteiger partial charge < -0.3 is 0 Å². The summed E-state index contributed by atoms with van der Waals surface area (Å²) in [5.41, 5.74) is 4.96. The molecule has 0 aromatic heterocycles. The Labute approximate surface area is 87.9 Å². The maximum Gasteiger partial charge on any atom is 0.0985 e. The van der Waals surface area contributed by atoms with Gasteiger partial charge in [0, 0.05) is 0 Å². The zero-order valence-electron chi connectivity index (χ0n) is 9.50. The topological polar surface area (TPSA) is 15.6 Å². The lowest BCUT2D eigenvalue weighted by Crippen LogP contribution is -1.91. The molecule has 0 N–H and O–H groups in total. The van der Waals surface area contributed by atoms with Crippen molar-refractivity contribution in [2.24, 2.45) is 4.74 Å². The maximum atomic E-state index is 4.54. The van der Waals surface area contributed by atoms with E-state index in [1.807, 2.05) is 18.8 Å². The van der Waals surface area contributed by atoms with Gasteiger partial charge in [-0.3, -0.25) is 0 Å². The van der Waals surface area contributed by atoms with E-state index in [1.165, 1.54) is 16.7 Å². The van der Waals surface area contributed by atoms with Crippen molar-refractivity contribution in [2.75, 3.05) is 14.1 Å². The molecule has 0 aliphatic rings. The van der Waals surface area contributed by atoms with Crippen LogP contribution in [0.4, 0.5) is 5.69 Å². The molecule has 0 aliphatic heterocycles. The summed E-state index contributed by atoms with van der Waals surface area (Å²) in [6.07, 6.45) is 0. The summed E-state index contributed by atoms with van der Waals surface area (Å²) >= 11 is 0. The zero-order valence-corrected chi connectivity index (χ0v) is 10.4. The van der Waals surface area contributed by atoms with Crippen LogP contribution < -0.4 is 0 Å². The van der Waals surface area contributed by atoms with Crippen molar-refractivity contribution in [1.82, 2.24) is 4.67 Å². The van der Waals surface area contributed by atoms with Crippen LogP contribution in [-0.4, -0.2) is 18.8 Å². The molecule has 0 spiro atoms. The fourth-order valence-corrected chi connectivity index (χ4v) is 2.05. The highest BCUT2D eigenvalue weighted by molar-refractivity contribution is 7.24. The first-order chi connectivity index (χ1) is 6.50. The van der Waals surface area contributed by atoms with E-state index in [1.54, 1.807) is 0 Å². The molecule has 14 heavy (non-hydrogen) atoms. The van der Waals surface area contributed by atoms with Gasteiger partial charge in [-0.05, 0) is 46.0 Å². The van der Waals surface area contributed by atoms with Crippen molar-refractivity contribution in [1.29, 1.82) is 0 Å².